The van der Waals surface area contributed by atoms with E-state index in [1.807, 2.05) is 6.07 Å². The number of halogens is 3. The third-order valence-corrected chi connectivity index (χ3v) is 4.33. The molecule has 1 heterocycles. The van der Waals surface area contributed by atoms with Gasteiger partial charge in [0, 0.05) is 10.6 Å². The second-order valence-electron chi connectivity index (χ2n) is 4.41. The van der Waals surface area contributed by atoms with Crippen molar-refractivity contribution >= 4 is 38.6 Å². The first-order chi connectivity index (χ1) is 9.54. The van der Waals surface area contributed by atoms with Crippen LogP contribution in [0.5, 0.6) is 0 Å². The molecule has 3 aromatic rings. The summed E-state index contributed by atoms with van der Waals surface area (Å²) in [5.74, 6) is -0.373. The van der Waals surface area contributed by atoms with Crippen molar-refractivity contribution in [3.05, 3.63) is 68.8 Å². The molecule has 0 saturated heterocycles. The third-order valence-electron chi connectivity index (χ3n) is 3.07. The maximum absolute atomic E-state index is 13.9. The van der Waals surface area contributed by atoms with Gasteiger partial charge in [-0.25, -0.2) is 9.18 Å². The van der Waals surface area contributed by atoms with Gasteiger partial charge in [-0.3, -0.25) is 0 Å². The van der Waals surface area contributed by atoms with E-state index in [0.29, 0.717) is 16.1 Å². The SMILES string of the molecule is O=c1[nH]c2ccc(C(Br)c3ccc(Cl)cc3F)cc2[nH]1. The number of fused-ring (bicyclic) bond motifs is 1. The molecule has 0 aliphatic heterocycles. The Labute approximate surface area is 126 Å². The largest absolute Gasteiger partial charge is 0.323 e. The summed E-state index contributed by atoms with van der Waals surface area (Å²) in [7, 11) is 0. The van der Waals surface area contributed by atoms with Crippen molar-refractivity contribution in [2.45, 2.75) is 4.83 Å². The van der Waals surface area contributed by atoms with Crippen molar-refractivity contribution in [3.63, 3.8) is 0 Å². The zero-order chi connectivity index (χ0) is 14.3. The van der Waals surface area contributed by atoms with Gasteiger partial charge in [-0.05, 0) is 29.8 Å². The van der Waals surface area contributed by atoms with Crippen LogP contribution in [0.4, 0.5) is 4.39 Å². The van der Waals surface area contributed by atoms with E-state index < -0.39 is 0 Å². The maximum Gasteiger partial charge on any atom is 0.323 e. The fourth-order valence-corrected chi connectivity index (χ4v) is 2.91. The summed E-state index contributed by atoms with van der Waals surface area (Å²) in [6, 6.07) is 9.98. The zero-order valence-corrected chi connectivity index (χ0v) is 12.4. The van der Waals surface area contributed by atoms with E-state index in [1.165, 1.54) is 6.07 Å². The molecule has 0 fully saturated rings. The number of aromatic nitrogens is 2. The summed E-state index contributed by atoms with van der Waals surface area (Å²) in [6.45, 7) is 0. The number of aromatic amines is 2. The molecule has 3 nitrogen and oxygen atoms in total. The fourth-order valence-electron chi connectivity index (χ4n) is 2.09. The van der Waals surface area contributed by atoms with E-state index in [1.54, 1.807) is 24.3 Å². The van der Waals surface area contributed by atoms with Gasteiger partial charge in [0.1, 0.15) is 5.82 Å². The molecule has 0 aliphatic carbocycles. The molecular formula is C14H9BrClFN2O. The maximum atomic E-state index is 13.9. The van der Waals surface area contributed by atoms with E-state index in [-0.39, 0.29) is 16.3 Å². The summed E-state index contributed by atoms with van der Waals surface area (Å²) in [5.41, 5.74) is 2.47. The Balaban J connectivity index is 2.06. The van der Waals surface area contributed by atoms with Crippen LogP contribution in [0.3, 0.4) is 0 Å². The first-order valence-corrected chi connectivity index (χ1v) is 7.15. The van der Waals surface area contributed by atoms with E-state index in [4.69, 9.17) is 11.6 Å². The van der Waals surface area contributed by atoms with Gasteiger partial charge < -0.3 is 9.97 Å². The topological polar surface area (TPSA) is 48.6 Å². The van der Waals surface area contributed by atoms with Crippen LogP contribution >= 0.6 is 27.5 Å². The second-order valence-corrected chi connectivity index (χ2v) is 5.76. The minimum absolute atomic E-state index is 0.263. The van der Waals surface area contributed by atoms with Crippen LogP contribution in [-0.4, -0.2) is 9.97 Å². The molecule has 102 valence electrons. The lowest BCUT2D eigenvalue weighted by Crippen LogP contribution is -1.99. The first kappa shape index (κ1) is 13.4. The summed E-state index contributed by atoms with van der Waals surface area (Å²) in [5, 5.41) is 0.358. The van der Waals surface area contributed by atoms with Crippen molar-refractivity contribution in [2.24, 2.45) is 0 Å². The van der Waals surface area contributed by atoms with Crippen LogP contribution in [0.25, 0.3) is 11.0 Å². The monoisotopic (exact) mass is 354 g/mol. The van der Waals surface area contributed by atoms with Crippen LogP contribution in [0.2, 0.25) is 5.02 Å². The van der Waals surface area contributed by atoms with Gasteiger partial charge in [0.25, 0.3) is 0 Å². The highest BCUT2D eigenvalue weighted by molar-refractivity contribution is 9.09. The highest BCUT2D eigenvalue weighted by Gasteiger charge is 2.16. The number of rotatable bonds is 2. The summed E-state index contributed by atoms with van der Waals surface area (Å²) < 4.78 is 13.9. The zero-order valence-electron chi connectivity index (χ0n) is 10.1. The molecule has 0 aliphatic rings. The van der Waals surface area contributed by atoms with Crippen LogP contribution in [-0.2, 0) is 0 Å². The van der Waals surface area contributed by atoms with Crippen LogP contribution in [0, 0.1) is 5.82 Å². The number of alkyl halides is 1. The predicted octanol–water partition coefficient (Wildman–Crippen LogP) is 4.13. The molecule has 0 spiro atoms. The second kappa shape index (κ2) is 5.07. The van der Waals surface area contributed by atoms with Crippen LogP contribution in [0.15, 0.2) is 41.2 Å². The molecule has 1 atom stereocenters. The average Bonchev–Trinajstić information content (AvgIpc) is 2.77. The molecule has 6 heteroatoms. The van der Waals surface area contributed by atoms with E-state index >= 15 is 0 Å². The molecule has 1 aromatic heterocycles. The minimum Gasteiger partial charge on any atom is -0.306 e. The van der Waals surface area contributed by atoms with Crippen molar-refractivity contribution in [2.75, 3.05) is 0 Å². The van der Waals surface area contributed by atoms with Crippen LogP contribution in [0.1, 0.15) is 16.0 Å². The highest BCUT2D eigenvalue weighted by Crippen LogP contribution is 2.34. The van der Waals surface area contributed by atoms with Crippen molar-refractivity contribution < 1.29 is 4.39 Å². The average molecular weight is 356 g/mol. The van der Waals surface area contributed by atoms with Gasteiger partial charge in [-0.2, -0.15) is 0 Å². The summed E-state index contributed by atoms with van der Waals surface area (Å²) >= 11 is 9.23. The lowest BCUT2D eigenvalue weighted by atomic mass is 10.0. The van der Waals surface area contributed by atoms with Gasteiger partial charge in [0.2, 0.25) is 0 Å². The van der Waals surface area contributed by atoms with Gasteiger partial charge in [-0.1, -0.05) is 39.7 Å². The molecular weight excluding hydrogens is 347 g/mol. The Hall–Kier alpha value is -1.59. The quantitative estimate of drug-likeness (QED) is 0.667. The first-order valence-electron chi connectivity index (χ1n) is 5.85. The summed E-state index contributed by atoms with van der Waals surface area (Å²) in [6.07, 6.45) is 0. The lowest BCUT2D eigenvalue weighted by Gasteiger charge is -2.12. The molecule has 3 rings (SSSR count). The number of nitrogens with one attached hydrogen (secondary N) is 2. The number of hydrogen-bond acceptors (Lipinski definition) is 1. The van der Waals surface area contributed by atoms with Gasteiger partial charge >= 0.3 is 5.69 Å². The van der Waals surface area contributed by atoms with E-state index in [2.05, 4.69) is 25.9 Å². The van der Waals surface area contributed by atoms with E-state index in [0.717, 1.165) is 11.1 Å². The highest BCUT2D eigenvalue weighted by atomic mass is 79.9. The number of benzene rings is 2. The van der Waals surface area contributed by atoms with Crippen molar-refractivity contribution in [1.29, 1.82) is 0 Å². The minimum atomic E-state index is -0.373. The van der Waals surface area contributed by atoms with Crippen molar-refractivity contribution in [3.8, 4) is 0 Å². The van der Waals surface area contributed by atoms with Crippen LogP contribution < -0.4 is 5.69 Å². The molecule has 20 heavy (non-hydrogen) atoms. The standard InChI is InChI=1S/C14H9BrClFN2O/c15-13(9-3-2-8(16)6-10(9)17)7-1-4-11-12(5-7)19-14(20)18-11/h1-6,13H,(H2,18,19,20). The smallest absolute Gasteiger partial charge is 0.306 e. The normalized spacial score (nSPS) is 12.8. The number of imidazole rings is 1. The molecule has 0 radical (unpaired) electrons. The fraction of sp³-hybridized carbons (Fsp3) is 0.0714. The summed E-state index contributed by atoms with van der Waals surface area (Å²) in [4.78, 5) is 16.3. The Morgan fingerprint density at radius 3 is 2.60 bits per heavy atom. The van der Waals surface area contributed by atoms with Gasteiger partial charge in [0.05, 0.1) is 15.9 Å². The Morgan fingerprint density at radius 1 is 1.10 bits per heavy atom. The lowest BCUT2D eigenvalue weighted by molar-refractivity contribution is 0.613. The van der Waals surface area contributed by atoms with E-state index in [9.17, 15) is 9.18 Å². The number of H-pyrrole nitrogens is 2. The van der Waals surface area contributed by atoms with Gasteiger partial charge in [0.15, 0.2) is 0 Å². The molecule has 0 bridgehead atoms. The van der Waals surface area contributed by atoms with Gasteiger partial charge in [-0.15, -0.1) is 0 Å². The molecule has 0 amide bonds. The Kier molecular flexibility index (Phi) is 3.40. The Bertz CT molecular complexity index is 843. The molecule has 0 saturated carbocycles. The molecule has 2 aromatic carbocycles. The molecule has 2 N–H and O–H groups in total. The van der Waals surface area contributed by atoms with Crippen molar-refractivity contribution in [1.82, 2.24) is 9.97 Å². The third kappa shape index (κ3) is 2.39. The number of hydrogen-bond donors (Lipinski definition) is 2. The predicted molar refractivity (Wildman–Crippen MR) is 81.1 cm³/mol. The Morgan fingerprint density at radius 2 is 1.85 bits per heavy atom. The molecule has 1 unspecified atom stereocenters.